The van der Waals surface area contributed by atoms with Crippen molar-refractivity contribution in [3.8, 4) is 39.1 Å². The van der Waals surface area contributed by atoms with Gasteiger partial charge in [-0.1, -0.05) is 147 Å². The van der Waals surface area contributed by atoms with Gasteiger partial charge in [0, 0.05) is 38.8 Å². The van der Waals surface area contributed by atoms with Crippen LogP contribution in [0.15, 0.2) is 194 Å². The van der Waals surface area contributed by atoms with E-state index in [1.807, 2.05) is 0 Å². The molecule has 0 amide bonds. The number of rotatable bonds is 6. The van der Waals surface area contributed by atoms with Crippen molar-refractivity contribution in [3.05, 3.63) is 205 Å². The van der Waals surface area contributed by atoms with E-state index in [9.17, 15) is 0 Å². The van der Waals surface area contributed by atoms with Gasteiger partial charge in [0.05, 0.1) is 16.7 Å². The number of hydrogen-bond donors (Lipinski definition) is 0. The number of anilines is 3. The molecule has 2 nitrogen and oxygen atoms in total. The molecule has 0 bridgehead atoms. The van der Waals surface area contributed by atoms with Crippen LogP contribution in [0.25, 0.3) is 60.9 Å². The van der Waals surface area contributed by atoms with Gasteiger partial charge in [-0.25, -0.2) is 0 Å². The minimum Gasteiger partial charge on any atom is -0.310 e. The lowest BCUT2D eigenvalue weighted by Gasteiger charge is -2.29. The third-order valence-electron chi connectivity index (χ3n) is 11.2. The molecule has 1 aliphatic rings. The average molecular weight is 679 g/mol. The Morgan fingerprint density at radius 3 is 1.89 bits per heavy atom. The van der Waals surface area contributed by atoms with Crippen molar-refractivity contribution < 1.29 is 0 Å². The molecule has 252 valence electrons. The van der Waals surface area contributed by atoms with Gasteiger partial charge in [-0.05, 0) is 99.6 Å². The molecule has 9 aromatic rings. The van der Waals surface area contributed by atoms with Crippen LogP contribution in [0.4, 0.5) is 17.1 Å². The monoisotopic (exact) mass is 678 g/mol. The van der Waals surface area contributed by atoms with E-state index in [-0.39, 0.29) is 5.41 Å². The minimum atomic E-state index is -0.0918. The normalized spacial score (nSPS) is 12.9. The summed E-state index contributed by atoms with van der Waals surface area (Å²) in [6.45, 7) is 4.70. The molecule has 1 heterocycles. The second kappa shape index (κ2) is 12.3. The summed E-state index contributed by atoms with van der Waals surface area (Å²) in [7, 11) is 0. The van der Waals surface area contributed by atoms with Crippen molar-refractivity contribution in [2.75, 3.05) is 4.90 Å². The van der Waals surface area contributed by atoms with Crippen LogP contribution in [0, 0.1) is 0 Å². The van der Waals surface area contributed by atoms with Gasteiger partial charge in [-0.15, -0.1) is 0 Å². The predicted octanol–water partition coefficient (Wildman–Crippen LogP) is 13.9. The lowest BCUT2D eigenvalue weighted by Crippen LogP contribution is -2.16. The molecule has 10 rings (SSSR count). The van der Waals surface area contributed by atoms with Crippen LogP contribution in [0.2, 0.25) is 0 Å². The molecule has 0 fully saturated rings. The van der Waals surface area contributed by atoms with E-state index in [4.69, 9.17) is 0 Å². The molecule has 8 aromatic carbocycles. The Morgan fingerprint density at radius 2 is 1.04 bits per heavy atom. The van der Waals surface area contributed by atoms with Crippen LogP contribution >= 0.6 is 0 Å². The average Bonchev–Trinajstić information content (AvgIpc) is 3.67. The second-order valence-corrected chi connectivity index (χ2v) is 14.6. The summed E-state index contributed by atoms with van der Waals surface area (Å²) >= 11 is 0. The summed E-state index contributed by atoms with van der Waals surface area (Å²) in [5.74, 6) is 0. The molecule has 0 radical (unpaired) electrons. The zero-order chi connectivity index (χ0) is 35.5. The SMILES string of the molecule is CC1(C)c2ccccc2-c2ccc(N(c3ccccc3)c3ccccc3-c3cccc(-c4ccc5c6ccccc6n(-c6ccccc6)c5c4)c3)cc21. The Morgan fingerprint density at radius 1 is 0.396 bits per heavy atom. The van der Waals surface area contributed by atoms with Crippen molar-refractivity contribution in [2.45, 2.75) is 19.3 Å². The van der Waals surface area contributed by atoms with Gasteiger partial charge in [0.1, 0.15) is 0 Å². The maximum absolute atomic E-state index is 2.42. The van der Waals surface area contributed by atoms with E-state index < -0.39 is 0 Å². The zero-order valence-corrected chi connectivity index (χ0v) is 29.9. The van der Waals surface area contributed by atoms with Gasteiger partial charge >= 0.3 is 0 Å². The summed E-state index contributed by atoms with van der Waals surface area (Å²) in [6.07, 6.45) is 0. The Hall–Kier alpha value is -6.64. The number of fused-ring (bicyclic) bond motifs is 6. The van der Waals surface area contributed by atoms with Crippen molar-refractivity contribution in [2.24, 2.45) is 0 Å². The van der Waals surface area contributed by atoms with E-state index >= 15 is 0 Å². The first-order chi connectivity index (χ1) is 26.1. The summed E-state index contributed by atoms with van der Waals surface area (Å²) < 4.78 is 2.39. The Balaban J connectivity index is 1.11. The molecule has 0 saturated carbocycles. The van der Waals surface area contributed by atoms with E-state index in [0.717, 1.165) is 17.1 Å². The molecule has 0 saturated heterocycles. The third kappa shape index (κ3) is 5.02. The molecular weight excluding hydrogens is 641 g/mol. The number of nitrogens with zero attached hydrogens (tertiary/aromatic N) is 2. The van der Waals surface area contributed by atoms with Gasteiger partial charge in [0.25, 0.3) is 0 Å². The van der Waals surface area contributed by atoms with Crippen LogP contribution in [-0.2, 0) is 5.41 Å². The highest BCUT2D eigenvalue weighted by molar-refractivity contribution is 6.10. The molecule has 2 heteroatoms. The standard InChI is InChI=1S/C51H38N2/c1-51(2)46-25-12-9-23-42(46)43-31-29-40(34-47(43)51)52(38-18-5-3-6-19-38)48-26-13-10-22-41(48)37-17-15-16-35(32-37)36-28-30-45-44-24-11-14-27-49(44)53(50(45)33-36)39-20-7-4-8-21-39/h3-34H,1-2H3. The fourth-order valence-electron chi connectivity index (χ4n) is 8.62. The summed E-state index contributed by atoms with van der Waals surface area (Å²) in [6, 6.07) is 70.8. The van der Waals surface area contributed by atoms with E-state index in [1.165, 1.54) is 72.0 Å². The largest absolute Gasteiger partial charge is 0.310 e. The first-order valence-electron chi connectivity index (χ1n) is 18.4. The van der Waals surface area contributed by atoms with Gasteiger partial charge < -0.3 is 9.47 Å². The molecule has 1 aliphatic carbocycles. The van der Waals surface area contributed by atoms with Crippen molar-refractivity contribution in [1.82, 2.24) is 4.57 Å². The van der Waals surface area contributed by atoms with Crippen LogP contribution in [0.1, 0.15) is 25.0 Å². The predicted molar refractivity (Wildman–Crippen MR) is 224 cm³/mol. The number of aromatic nitrogens is 1. The molecule has 0 unspecified atom stereocenters. The van der Waals surface area contributed by atoms with Crippen molar-refractivity contribution in [3.63, 3.8) is 0 Å². The van der Waals surface area contributed by atoms with Crippen LogP contribution in [-0.4, -0.2) is 4.57 Å². The van der Waals surface area contributed by atoms with Crippen molar-refractivity contribution >= 4 is 38.9 Å². The van der Waals surface area contributed by atoms with Gasteiger partial charge in [0.15, 0.2) is 0 Å². The van der Waals surface area contributed by atoms with E-state index in [1.54, 1.807) is 0 Å². The molecule has 0 aliphatic heterocycles. The van der Waals surface area contributed by atoms with Crippen LogP contribution in [0.5, 0.6) is 0 Å². The zero-order valence-electron chi connectivity index (χ0n) is 29.9. The summed E-state index contributed by atoms with van der Waals surface area (Å²) in [5, 5.41) is 2.52. The van der Waals surface area contributed by atoms with Gasteiger partial charge in [-0.3, -0.25) is 0 Å². The second-order valence-electron chi connectivity index (χ2n) is 14.6. The number of benzene rings is 8. The number of hydrogen-bond acceptors (Lipinski definition) is 1. The summed E-state index contributed by atoms with van der Waals surface area (Å²) in [4.78, 5) is 2.42. The first-order valence-corrected chi connectivity index (χ1v) is 18.4. The maximum atomic E-state index is 2.42. The number of para-hydroxylation sites is 4. The fraction of sp³-hybridized carbons (Fsp3) is 0.0588. The highest BCUT2D eigenvalue weighted by Crippen LogP contribution is 2.51. The molecule has 0 N–H and O–H groups in total. The van der Waals surface area contributed by atoms with Gasteiger partial charge in [0.2, 0.25) is 0 Å². The lowest BCUT2D eigenvalue weighted by molar-refractivity contribution is 0.660. The minimum absolute atomic E-state index is 0.0918. The molecular formula is C51H38N2. The Bertz CT molecular complexity index is 2810. The molecule has 53 heavy (non-hydrogen) atoms. The van der Waals surface area contributed by atoms with Gasteiger partial charge in [-0.2, -0.15) is 0 Å². The Kier molecular flexibility index (Phi) is 7.19. The topological polar surface area (TPSA) is 8.17 Å². The smallest absolute Gasteiger partial charge is 0.0547 e. The molecule has 1 aromatic heterocycles. The van der Waals surface area contributed by atoms with Crippen molar-refractivity contribution in [1.29, 1.82) is 0 Å². The maximum Gasteiger partial charge on any atom is 0.0547 e. The molecule has 0 spiro atoms. The Labute approximate surface area is 310 Å². The van der Waals surface area contributed by atoms with Crippen LogP contribution in [0.3, 0.4) is 0 Å². The lowest BCUT2D eigenvalue weighted by atomic mass is 9.82. The quantitative estimate of drug-likeness (QED) is 0.170. The highest BCUT2D eigenvalue weighted by Gasteiger charge is 2.35. The van der Waals surface area contributed by atoms with E-state index in [0.29, 0.717) is 0 Å². The molecule has 0 atom stereocenters. The van der Waals surface area contributed by atoms with Crippen LogP contribution < -0.4 is 4.90 Å². The third-order valence-corrected chi connectivity index (χ3v) is 11.2. The fourth-order valence-corrected chi connectivity index (χ4v) is 8.62. The van der Waals surface area contributed by atoms with E-state index in [2.05, 4.69) is 217 Å². The highest BCUT2D eigenvalue weighted by atomic mass is 15.1. The first kappa shape index (κ1) is 31.1. The summed E-state index contributed by atoms with van der Waals surface area (Å²) in [5.41, 5.74) is 17.1.